The molecule has 0 spiro atoms. The minimum atomic E-state index is 0.0920. The fraction of sp³-hybridized carbons (Fsp3) is 0.308. The van der Waals surface area contributed by atoms with Crippen LogP contribution in [0.4, 0.5) is 0 Å². The van der Waals surface area contributed by atoms with Gasteiger partial charge < -0.3 is 9.88 Å². The summed E-state index contributed by atoms with van der Waals surface area (Å²) in [5.74, 6) is 0.0920. The first kappa shape index (κ1) is 12.0. The largest absolute Gasteiger partial charge is 0.356 e. The van der Waals surface area contributed by atoms with E-state index in [1.54, 1.807) is 17.5 Å². The number of carbonyl (C=O) groups excluding carboxylic acids is 1. The molecule has 1 aliphatic heterocycles. The van der Waals surface area contributed by atoms with E-state index in [-0.39, 0.29) is 11.9 Å². The normalized spacial score (nSPS) is 19.4. The summed E-state index contributed by atoms with van der Waals surface area (Å²) in [6, 6.07) is 4.20. The molecule has 1 unspecified atom stereocenters. The fourth-order valence-corrected chi connectivity index (χ4v) is 3.52. The Balaban J connectivity index is 1.85. The van der Waals surface area contributed by atoms with Crippen LogP contribution in [0.5, 0.6) is 0 Å². The Morgan fingerprint density at radius 1 is 1.56 bits per heavy atom. The molecule has 3 nitrogen and oxygen atoms in total. The summed E-state index contributed by atoms with van der Waals surface area (Å²) < 4.78 is 0.914. The second kappa shape index (κ2) is 4.90. The molecular weight excluding hydrogens is 312 g/mol. The highest BCUT2D eigenvalue weighted by Crippen LogP contribution is 2.34. The molecule has 1 amide bonds. The highest BCUT2D eigenvalue weighted by Gasteiger charge is 2.31. The Kier molecular flexibility index (Phi) is 3.26. The molecule has 2 aromatic heterocycles. The number of hydrogen-bond acceptors (Lipinski definition) is 2. The van der Waals surface area contributed by atoms with Crippen LogP contribution in [0.15, 0.2) is 33.6 Å². The van der Waals surface area contributed by atoms with Gasteiger partial charge in [0.1, 0.15) is 5.69 Å². The van der Waals surface area contributed by atoms with Crippen LogP contribution in [0.1, 0.15) is 34.9 Å². The number of H-pyrrole nitrogens is 1. The monoisotopic (exact) mass is 324 g/mol. The van der Waals surface area contributed by atoms with Gasteiger partial charge in [0, 0.05) is 17.2 Å². The maximum absolute atomic E-state index is 12.4. The van der Waals surface area contributed by atoms with E-state index in [1.807, 2.05) is 11.0 Å². The number of aromatic amines is 1. The summed E-state index contributed by atoms with van der Waals surface area (Å²) in [4.78, 5) is 17.4. The average Bonchev–Trinajstić information content (AvgIpc) is 3.08. The molecule has 1 fully saturated rings. The number of likely N-dealkylation sites (tertiary alicyclic amines) is 1. The summed E-state index contributed by atoms with van der Waals surface area (Å²) in [5.41, 5.74) is 1.92. The number of hydrogen-bond donors (Lipinski definition) is 1. The van der Waals surface area contributed by atoms with Crippen molar-refractivity contribution in [2.24, 2.45) is 0 Å². The molecule has 2 aromatic rings. The molecule has 0 bridgehead atoms. The Labute approximate surface area is 118 Å². The molecule has 1 N–H and O–H groups in total. The maximum atomic E-state index is 12.4. The van der Waals surface area contributed by atoms with Crippen LogP contribution in [-0.2, 0) is 0 Å². The van der Waals surface area contributed by atoms with Gasteiger partial charge in [-0.3, -0.25) is 4.79 Å². The second-order valence-electron chi connectivity index (χ2n) is 4.44. The van der Waals surface area contributed by atoms with Crippen molar-refractivity contribution in [3.8, 4) is 0 Å². The number of carbonyl (C=O) groups is 1. The molecule has 1 aliphatic rings. The lowest BCUT2D eigenvalue weighted by Gasteiger charge is -2.23. The standard InChI is InChI=1S/C13H13BrN2OS/c14-10-6-11(15-7-10)13(17)16-4-1-2-12(16)9-3-5-18-8-9/h3,5-8,12,15H,1-2,4H2. The third-order valence-electron chi connectivity index (χ3n) is 3.32. The quantitative estimate of drug-likeness (QED) is 0.895. The first-order valence-electron chi connectivity index (χ1n) is 5.92. The topological polar surface area (TPSA) is 36.1 Å². The van der Waals surface area contributed by atoms with Gasteiger partial charge in [-0.15, -0.1) is 0 Å². The summed E-state index contributed by atoms with van der Waals surface area (Å²) in [6.45, 7) is 0.843. The van der Waals surface area contributed by atoms with Crippen LogP contribution in [0.3, 0.4) is 0 Å². The molecule has 94 valence electrons. The molecule has 3 rings (SSSR count). The van der Waals surface area contributed by atoms with Gasteiger partial charge in [-0.05, 0) is 57.2 Å². The Bertz CT molecular complexity index is 549. The number of nitrogens with zero attached hydrogens (tertiary/aromatic N) is 1. The predicted octanol–water partition coefficient (Wildman–Crippen LogP) is 3.82. The zero-order valence-electron chi connectivity index (χ0n) is 9.73. The van der Waals surface area contributed by atoms with E-state index in [0.29, 0.717) is 5.69 Å². The number of rotatable bonds is 2. The van der Waals surface area contributed by atoms with Crippen molar-refractivity contribution in [1.82, 2.24) is 9.88 Å². The van der Waals surface area contributed by atoms with Crippen molar-refractivity contribution in [2.75, 3.05) is 6.54 Å². The van der Waals surface area contributed by atoms with Gasteiger partial charge >= 0.3 is 0 Å². The van der Waals surface area contributed by atoms with Crippen molar-refractivity contribution in [3.63, 3.8) is 0 Å². The van der Waals surface area contributed by atoms with Crippen LogP contribution in [0, 0.1) is 0 Å². The summed E-state index contributed by atoms with van der Waals surface area (Å²) in [6.07, 6.45) is 3.93. The van der Waals surface area contributed by atoms with Crippen LogP contribution in [0.2, 0.25) is 0 Å². The summed E-state index contributed by atoms with van der Waals surface area (Å²) in [7, 11) is 0. The van der Waals surface area contributed by atoms with E-state index in [2.05, 4.69) is 37.7 Å². The highest BCUT2D eigenvalue weighted by atomic mass is 79.9. The Hall–Kier alpha value is -1.07. The van der Waals surface area contributed by atoms with Crippen LogP contribution in [-0.4, -0.2) is 22.3 Å². The lowest BCUT2D eigenvalue weighted by Crippen LogP contribution is -2.30. The van der Waals surface area contributed by atoms with Gasteiger partial charge in [0.25, 0.3) is 5.91 Å². The molecule has 18 heavy (non-hydrogen) atoms. The van der Waals surface area contributed by atoms with Gasteiger partial charge in [-0.25, -0.2) is 0 Å². The van der Waals surface area contributed by atoms with Crippen molar-refractivity contribution >= 4 is 33.2 Å². The molecule has 3 heterocycles. The lowest BCUT2D eigenvalue weighted by atomic mass is 10.1. The van der Waals surface area contributed by atoms with E-state index >= 15 is 0 Å². The molecular formula is C13H13BrN2OS. The number of thiophene rings is 1. The number of amides is 1. The van der Waals surface area contributed by atoms with Gasteiger partial charge in [0.05, 0.1) is 6.04 Å². The molecule has 0 radical (unpaired) electrons. The van der Waals surface area contributed by atoms with Crippen molar-refractivity contribution in [1.29, 1.82) is 0 Å². The molecule has 1 atom stereocenters. The third kappa shape index (κ3) is 2.12. The summed E-state index contributed by atoms with van der Waals surface area (Å²) in [5, 5.41) is 4.21. The number of nitrogens with one attached hydrogen (secondary N) is 1. The number of halogens is 1. The molecule has 5 heteroatoms. The minimum absolute atomic E-state index is 0.0920. The van der Waals surface area contributed by atoms with E-state index in [1.165, 1.54) is 5.56 Å². The number of aromatic nitrogens is 1. The fourth-order valence-electron chi connectivity index (χ4n) is 2.47. The second-order valence-corrected chi connectivity index (χ2v) is 6.14. The van der Waals surface area contributed by atoms with Crippen molar-refractivity contribution in [2.45, 2.75) is 18.9 Å². The average molecular weight is 325 g/mol. The van der Waals surface area contributed by atoms with Gasteiger partial charge in [-0.1, -0.05) is 0 Å². The maximum Gasteiger partial charge on any atom is 0.270 e. The SMILES string of the molecule is O=C(c1cc(Br)c[nH]1)N1CCCC1c1ccsc1. The zero-order chi connectivity index (χ0) is 12.5. The van der Waals surface area contributed by atoms with E-state index in [4.69, 9.17) is 0 Å². The van der Waals surface area contributed by atoms with Crippen LogP contribution >= 0.6 is 27.3 Å². The molecule has 0 aliphatic carbocycles. The predicted molar refractivity (Wildman–Crippen MR) is 75.8 cm³/mol. The molecule has 0 aromatic carbocycles. The van der Waals surface area contributed by atoms with Crippen molar-refractivity contribution in [3.05, 3.63) is 44.8 Å². The van der Waals surface area contributed by atoms with Gasteiger partial charge in [-0.2, -0.15) is 11.3 Å². The minimum Gasteiger partial charge on any atom is -0.356 e. The zero-order valence-corrected chi connectivity index (χ0v) is 12.1. The molecule has 1 saturated heterocycles. The van der Waals surface area contributed by atoms with Crippen molar-refractivity contribution < 1.29 is 4.79 Å². The summed E-state index contributed by atoms with van der Waals surface area (Å²) >= 11 is 5.05. The molecule has 0 saturated carbocycles. The van der Waals surface area contributed by atoms with E-state index < -0.39 is 0 Å². The van der Waals surface area contributed by atoms with Crippen LogP contribution in [0.25, 0.3) is 0 Å². The smallest absolute Gasteiger partial charge is 0.270 e. The first-order chi connectivity index (χ1) is 8.75. The third-order valence-corrected chi connectivity index (χ3v) is 4.48. The first-order valence-corrected chi connectivity index (χ1v) is 7.66. The lowest BCUT2D eigenvalue weighted by molar-refractivity contribution is 0.0730. The Morgan fingerprint density at radius 2 is 2.44 bits per heavy atom. The highest BCUT2D eigenvalue weighted by molar-refractivity contribution is 9.10. The van der Waals surface area contributed by atoms with Crippen LogP contribution < -0.4 is 0 Å². The van der Waals surface area contributed by atoms with E-state index in [9.17, 15) is 4.79 Å². The Morgan fingerprint density at radius 3 is 3.11 bits per heavy atom. The van der Waals surface area contributed by atoms with Gasteiger partial charge in [0.2, 0.25) is 0 Å². The van der Waals surface area contributed by atoms with E-state index in [0.717, 1.165) is 23.9 Å². The van der Waals surface area contributed by atoms with Gasteiger partial charge in [0.15, 0.2) is 0 Å².